The van der Waals surface area contributed by atoms with Crippen molar-refractivity contribution in [1.29, 1.82) is 0 Å². The molecular weight excluding hydrogens is 168 g/mol. The van der Waals surface area contributed by atoms with E-state index in [1.54, 1.807) is 0 Å². The summed E-state index contributed by atoms with van der Waals surface area (Å²) in [6.07, 6.45) is 1.17. The predicted molar refractivity (Wildman–Crippen MR) is 54.7 cm³/mol. The van der Waals surface area contributed by atoms with Gasteiger partial charge in [-0.3, -0.25) is 0 Å². The molecule has 1 rings (SSSR count). The van der Waals surface area contributed by atoms with Crippen LogP contribution in [-0.4, -0.2) is 0 Å². The monoisotopic (exact) mass is 182 g/mol. The van der Waals surface area contributed by atoms with Gasteiger partial charge in [0.25, 0.3) is 0 Å². The zero-order chi connectivity index (χ0) is 8.97. The Hall–Kier alpha value is -0.490. The normalized spacial score (nSPS) is 12.9. The van der Waals surface area contributed by atoms with Crippen molar-refractivity contribution in [2.45, 2.75) is 32.1 Å². The van der Waals surface area contributed by atoms with Gasteiger partial charge in [-0.05, 0) is 23.5 Å². The summed E-state index contributed by atoms with van der Waals surface area (Å²) in [7, 11) is 0. The van der Waals surface area contributed by atoms with Crippen molar-refractivity contribution in [2.75, 3.05) is 0 Å². The number of halogens is 1. The number of rotatable bonds is 3. The Balaban J connectivity index is 2.96. The molecular formula is C11H15Cl. The van der Waals surface area contributed by atoms with Gasteiger partial charge in [0.05, 0.1) is 0 Å². The van der Waals surface area contributed by atoms with Gasteiger partial charge in [-0.25, -0.2) is 0 Å². The molecule has 0 amide bonds. The van der Waals surface area contributed by atoms with Crippen LogP contribution in [-0.2, 0) is 5.88 Å². The molecule has 0 spiro atoms. The molecule has 1 atom stereocenters. The molecule has 0 fully saturated rings. The Labute approximate surface area is 79.6 Å². The van der Waals surface area contributed by atoms with Gasteiger partial charge in [0.15, 0.2) is 0 Å². The van der Waals surface area contributed by atoms with E-state index in [1.165, 1.54) is 17.5 Å². The fourth-order valence-electron chi connectivity index (χ4n) is 1.36. The Kier molecular flexibility index (Phi) is 3.61. The molecule has 0 radical (unpaired) electrons. The quantitative estimate of drug-likeness (QED) is 0.622. The third-order valence-corrected chi connectivity index (χ3v) is 2.63. The van der Waals surface area contributed by atoms with E-state index < -0.39 is 0 Å². The summed E-state index contributed by atoms with van der Waals surface area (Å²) in [5.41, 5.74) is 2.67. The van der Waals surface area contributed by atoms with Gasteiger partial charge in [0.1, 0.15) is 0 Å². The van der Waals surface area contributed by atoms with Crippen molar-refractivity contribution < 1.29 is 0 Å². The highest BCUT2D eigenvalue weighted by Crippen LogP contribution is 2.23. The van der Waals surface area contributed by atoms with Gasteiger partial charge < -0.3 is 0 Å². The highest BCUT2D eigenvalue weighted by Gasteiger charge is 2.06. The smallest absolute Gasteiger partial charge is 0.0476 e. The van der Waals surface area contributed by atoms with Gasteiger partial charge in [-0.1, -0.05) is 38.1 Å². The molecule has 0 aliphatic rings. The summed E-state index contributed by atoms with van der Waals surface area (Å²) in [6, 6.07) is 8.40. The number of hydrogen-bond donors (Lipinski definition) is 0. The van der Waals surface area contributed by atoms with E-state index in [4.69, 9.17) is 11.6 Å². The van der Waals surface area contributed by atoms with Gasteiger partial charge in [0, 0.05) is 5.88 Å². The van der Waals surface area contributed by atoms with Crippen molar-refractivity contribution in [1.82, 2.24) is 0 Å². The first-order chi connectivity index (χ1) is 5.79. The third-order valence-electron chi connectivity index (χ3n) is 2.34. The first kappa shape index (κ1) is 9.60. The van der Waals surface area contributed by atoms with Crippen LogP contribution in [0.15, 0.2) is 24.3 Å². The molecule has 0 N–H and O–H groups in total. The summed E-state index contributed by atoms with van der Waals surface area (Å²) in [4.78, 5) is 0. The minimum absolute atomic E-state index is 0.625. The van der Waals surface area contributed by atoms with Crippen LogP contribution in [0.5, 0.6) is 0 Å². The van der Waals surface area contributed by atoms with E-state index in [0.29, 0.717) is 11.8 Å². The maximum Gasteiger partial charge on any atom is 0.0476 e. The highest BCUT2D eigenvalue weighted by molar-refractivity contribution is 6.17. The standard InChI is InChI=1S/C11H15Cl/c1-3-9(2)11-7-5-4-6-10(11)8-12/h4-7,9H,3,8H2,1-2H3. The molecule has 0 nitrogen and oxygen atoms in total. The van der Waals surface area contributed by atoms with Gasteiger partial charge in [-0.15, -0.1) is 11.6 Å². The first-order valence-electron chi connectivity index (χ1n) is 4.43. The lowest BCUT2D eigenvalue weighted by molar-refractivity contribution is 0.727. The minimum Gasteiger partial charge on any atom is -0.122 e. The Morgan fingerprint density at radius 1 is 1.33 bits per heavy atom. The van der Waals surface area contributed by atoms with Crippen LogP contribution in [0.25, 0.3) is 0 Å². The van der Waals surface area contributed by atoms with Crippen molar-refractivity contribution in [3.05, 3.63) is 35.4 Å². The largest absolute Gasteiger partial charge is 0.122 e. The van der Waals surface area contributed by atoms with E-state index in [0.717, 1.165) is 0 Å². The second-order valence-corrected chi connectivity index (χ2v) is 3.41. The molecule has 0 heterocycles. The molecule has 66 valence electrons. The molecule has 0 saturated heterocycles. The van der Waals surface area contributed by atoms with E-state index in [9.17, 15) is 0 Å². The van der Waals surface area contributed by atoms with Gasteiger partial charge >= 0.3 is 0 Å². The maximum absolute atomic E-state index is 5.83. The zero-order valence-corrected chi connectivity index (χ0v) is 8.43. The topological polar surface area (TPSA) is 0 Å². The lowest BCUT2D eigenvalue weighted by Crippen LogP contribution is -1.95. The lowest BCUT2D eigenvalue weighted by Gasteiger charge is -2.12. The van der Waals surface area contributed by atoms with Crippen LogP contribution in [0, 0.1) is 0 Å². The molecule has 0 saturated carbocycles. The Morgan fingerprint density at radius 2 is 2.00 bits per heavy atom. The predicted octanol–water partition coefficient (Wildman–Crippen LogP) is 3.94. The summed E-state index contributed by atoms with van der Waals surface area (Å²) < 4.78 is 0. The summed E-state index contributed by atoms with van der Waals surface area (Å²) in [6.45, 7) is 4.45. The molecule has 1 aromatic carbocycles. The molecule has 1 aromatic rings. The van der Waals surface area contributed by atoms with Crippen LogP contribution in [0.3, 0.4) is 0 Å². The summed E-state index contributed by atoms with van der Waals surface area (Å²) >= 11 is 5.83. The molecule has 0 aliphatic heterocycles. The van der Waals surface area contributed by atoms with Gasteiger partial charge in [-0.2, -0.15) is 0 Å². The molecule has 12 heavy (non-hydrogen) atoms. The van der Waals surface area contributed by atoms with Crippen molar-refractivity contribution >= 4 is 11.6 Å². The fourth-order valence-corrected chi connectivity index (χ4v) is 1.60. The average molecular weight is 183 g/mol. The Morgan fingerprint density at radius 3 is 2.58 bits per heavy atom. The lowest BCUT2D eigenvalue weighted by atomic mass is 9.95. The number of benzene rings is 1. The second-order valence-electron chi connectivity index (χ2n) is 3.14. The second kappa shape index (κ2) is 4.51. The van der Waals surface area contributed by atoms with E-state index in [-0.39, 0.29) is 0 Å². The van der Waals surface area contributed by atoms with Gasteiger partial charge in [0.2, 0.25) is 0 Å². The summed E-state index contributed by atoms with van der Waals surface area (Å²) in [5.74, 6) is 1.25. The van der Waals surface area contributed by atoms with E-state index in [2.05, 4.69) is 32.0 Å². The molecule has 1 unspecified atom stereocenters. The molecule has 0 aliphatic carbocycles. The highest BCUT2D eigenvalue weighted by atomic mass is 35.5. The maximum atomic E-state index is 5.83. The van der Waals surface area contributed by atoms with Crippen LogP contribution < -0.4 is 0 Å². The minimum atomic E-state index is 0.625. The zero-order valence-electron chi connectivity index (χ0n) is 7.68. The third kappa shape index (κ3) is 2.01. The SMILES string of the molecule is CCC(C)c1ccccc1CCl. The number of hydrogen-bond acceptors (Lipinski definition) is 0. The average Bonchev–Trinajstić information content (AvgIpc) is 2.16. The summed E-state index contributed by atoms with van der Waals surface area (Å²) in [5, 5.41) is 0. The van der Waals surface area contributed by atoms with Crippen LogP contribution in [0.1, 0.15) is 37.3 Å². The van der Waals surface area contributed by atoms with E-state index >= 15 is 0 Å². The van der Waals surface area contributed by atoms with Crippen LogP contribution >= 0.6 is 11.6 Å². The van der Waals surface area contributed by atoms with Crippen molar-refractivity contribution in [3.63, 3.8) is 0 Å². The van der Waals surface area contributed by atoms with Crippen molar-refractivity contribution in [3.8, 4) is 0 Å². The first-order valence-corrected chi connectivity index (χ1v) is 4.96. The van der Waals surface area contributed by atoms with Crippen LogP contribution in [0.4, 0.5) is 0 Å². The number of alkyl halides is 1. The molecule has 0 bridgehead atoms. The van der Waals surface area contributed by atoms with E-state index in [1.807, 2.05) is 6.07 Å². The molecule has 1 heteroatoms. The Bertz CT molecular complexity index is 243. The fraction of sp³-hybridized carbons (Fsp3) is 0.455. The van der Waals surface area contributed by atoms with Crippen LogP contribution in [0.2, 0.25) is 0 Å². The molecule has 0 aromatic heterocycles. The van der Waals surface area contributed by atoms with Crippen molar-refractivity contribution in [2.24, 2.45) is 0 Å².